The van der Waals surface area contributed by atoms with Crippen molar-refractivity contribution >= 4 is 28.3 Å². The molecule has 1 heterocycles. The lowest BCUT2D eigenvalue weighted by Gasteiger charge is -2.10. The molecule has 0 saturated heterocycles. The van der Waals surface area contributed by atoms with E-state index in [9.17, 15) is 4.79 Å². The summed E-state index contributed by atoms with van der Waals surface area (Å²) in [6.45, 7) is 2.04. The van der Waals surface area contributed by atoms with Gasteiger partial charge in [-0.2, -0.15) is 0 Å². The molecule has 0 spiro atoms. The molecule has 0 saturated carbocycles. The summed E-state index contributed by atoms with van der Waals surface area (Å²) in [6.07, 6.45) is 0. The minimum Gasteiger partial charge on any atom is -0.352 e. The van der Waals surface area contributed by atoms with Crippen LogP contribution in [0.4, 0.5) is 11.5 Å². The van der Waals surface area contributed by atoms with E-state index in [1.807, 2.05) is 55.5 Å². The number of rotatable bonds is 3. The van der Waals surface area contributed by atoms with Crippen molar-refractivity contribution in [3.63, 3.8) is 0 Å². The summed E-state index contributed by atoms with van der Waals surface area (Å²) in [5.41, 5.74) is 2.83. The molecule has 0 unspecified atom stereocenters. The molecule has 0 atom stereocenters. The van der Waals surface area contributed by atoms with Gasteiger partial charge in [0, 0.05) is 18.1 Å². The molecule has 5 heteroatoms. The van der Waals surface area contributed by atoms with Crippen molar-refractivity contribution in [1.82, 2.24) is 15.3 Å². The summed E-state index contributed by atoms with van der Waals surface area (Å²) in [5, 5.41) is 6.69. The normalized spacial score (nSPS) is 10.5. The molecule has 0 aliphatic carbocycles. The molecule has 0 fully saturated rings. The van der Waals surface area contributed by atoms with Crippen LogP contribution in [0, 0.1) is 6.92 Å². The van der Waals surface area contributed by atoms with Crippen molar-refractivity contribution in [2.45, 2.75) is 6.92 Å². The van der Waals surface area contributed by atoms with Crippen LogP contribution in [-0.4, -0.2) is 22.9 Å². The smallest absolute Gasteiger partial charge is 0.288 e. The second-order valence-corrected chi connectivity index (χ2v) is 4.98. The highest BCUT2D eigenvalue weighted by Gasteiger charge is 2.12. The highest BCUT2D eigenvalue weighted by atomic mass is 16.2. The number of benzene rings is 2. The molecule has 1 amide bonds. The number of hydrogen-bond acceptors (Lipinski definition) is 4. The van der Waals surface area contributed by atoms with E-state index in [0.717, 1.165) is 16.6 Å². The third kappa shape index (κ3) is 2.74. The van der Waals surface area contributed by atoms with Gasteiger partial charge in [-0.05, 0) is 31.2 Å². The van der Waals surface area contributed by atoms with Gasteiger partial charge in [-0.1, -0.05) is 29.8 Å². The average Bonchev–Trinajstić information content (AvgIpc) is 2.56. The number of carbonyl (C=O) groups excluding carboxylic acids is 1. The van der Waals surface area contributed by atoms with Gasteiger partial charge >= 0.3 is 0 Å². The van der Waals surface area contributed by atoms with Gasteiger partial charge in [-0.3, -0.25) is 4.79 Å². The summed E-state index contributed by atoms with van der Waals surface area (Å²) >= 11 is 0. The van der Waals surface area contributed by atoms with Crippen molar-refractivity contribution in [3.05, 3.63) is 59.9 Å². The molecule has 0 radical (unpaired) electrons. The van der Waals surface area contributed by atoms with Crippen LogP contribution >= 0.6 is 0 Å². The fourth-order valence-electron chi connectivity index (χ4n) is 2.16. The van der Waals surface area contributed by atoms with Crippen LogP contribution < -0.4 is 10.6 Å². The fourth-order valence-corrected chi connectivity index (χ4v) is 2.16. The molecule has 110 valence electrons. The van der Waals surface area contributed by atoms with E-state index in [0.29, 0.717) is 5.82 Å². The summed E-state index contributed by atoms with van der Waals surface area (Å²) in [6, 6.07) is 15.6. The predicted octanol–water partition coefficient (Wildman–Crippen LogP) is 3.04. The SMILES string of the molecule is CNC(=O)c1nc(Nc2ccc(C)cc2)c2ccccc2n1. The Labute approximate surface area is 128 Å². The number of nitrogens with one attached hydrogen (secondary N) is 2. The Kier molecular flexibility index (Phi) is 3.70. The van der Waals surface area contributed by atoms with Crippen LogP contribution in [0.1, 0.15) is 16.2 Å². The first-order valence-corrected chi connectivity index (χ1v) is 7.00. The summed E-state index contributed by atoms with van der Waals surface area (Å²) < 4.78 is 0. The van der Waals surface area contributed by atoms with E-state index >= 15 is 0 Å². The van der Waals surface area contributed by atoms with Crippen LogP contribution in [0.5, 0.6) is 0 Å². The number of carbonyl (C=O) groups is 1. The van der Waals surface area contributed by atoms with Crippen LogP contribution in [-0.2, 0) is 0 Å². The Hall–Kier alpha value is -2.95. The van der Waals surface area contributed by atoms with Crippen LogP contribution in [0.3, 0.4) is 0 Å². The van der Waals surface area contributed by atoms with Gasteiger partial charge < -0.3 is 10.6 Å². The van der Waals surface area contributed by atoms with E-state index < -0.39 is 0 Å². The Balaban J connectivity index is 2.09. The number of nitrogens with zero attached hydrogens (tertiary/aromatic N) is 2. The Bertz CT molecular complexity index is 828. The molecule has 22 heavy (non-hydrogen) atoms. The third-order valence-corrected chi connectivity index (χ3v) is 3.35. The molecular formula is C17H16N4O. The first-order chi connectivity index (χ1) is 10.7. The molecule has 5 nitrogen and oxygen atoms in total. The summed E-state index contributed by atoms with van der Waals surface area (Å²) in [5.74, 6) is 0.460. The Morgan fingerprint density at radius 3 is 2.45 bits per heavy atom. The first-order valence-electron chi connectivity index (χ1n) is 7.00. The molecule has 0 aliphatic rings. The van der Waals surface area contributed by atoms with Crippen molar-refractivity contribution in [2.24, 2.45) is 0 Å². The maximum Gasteiger partial charge on any atom is 0.288 e. The van der Waals surface area contributed by atoms with Gasteiger partial charge in [-0.15, -0.1) is 0 Å². The molecule has 0 bridgehead atoms. The average molecular weight is 292 g/mol. The third-order valence-electron chi connectivity index (χ3n) is 3.35. The minimum absolute atomic E-state index is 0.149. The van der Waals surface area contributed by atoms with Gasteiger partial charge in [0.2, 0.25) is 5.82 Å². The van der Waals surface area contributed by atoms with Crippen LogP contribution in [0.15, 0.2) is 48.5 Å². The lowest BCUT2D eigenvalue weighted by molar-refractivity contribution is 0.0953. The van der Waals surface area contributed by atoms with E-state index in [1.54, 1.807) is 7.05 Å². The molecule has 2 N–H and O–H groups in total. The zero-order chi connectivity index (χ0) is 15.5. The van der Waals surface area contributed by atoms with Gasteiger partial charge in [0.05, 0.1) is 5.52 Å². The molecule has 3 rings (SSSR count). The quantitative estimate of drug-likeness (QED) is 0.778. The lowest BCUT2D eigenvalue weighted by atomic mass is 10.2. The number of aromatic nitrogens is 2. The second kappa shape index (κ2) is 5.81. The summed E-state index contributed by atoms with van der Waals surface area (Å²) in [7, 11) is 1.56. The number of fused-ring (bicyclic) bond motifs is 1. The summed E-state index contributed by atoms with van der Waals surface area (Å²) in [4.78, 5) is 20.5. The topological polar surface area (TPSA) is 66.9 Å². The van der Waals surface area contributed by atoms with E-state index in [-0.39, 0.29) is 11.7 Å². The molecular weight excluding hydrogens is 276 g/mol. The highest BCUT2D eigenvalue weighted by molar-refractivity contribution is 5.97. The monoisotopic (exact) mass is 292 g/mol. The van der Waals surface area contributed by atoms with Gasteiger partial charge in [-0.25, -0.2) is 9.97 Å². The maximum absolute atomic E-state index is 11.8. The van der Waals surface area contributed by atoms with Gasteiger partial charge in [0.1, 0.15) is 5.82 Å². The molecule has 0 aliphatic heterocycles. The highest BCUT2D eigenvalue weighted by Crippen LogP contribution is 2.24. The Morgan fingerprint density at radius 2 is 1.73 bits per heavy atom. The Morgan fingerprint density at radius 1 is 1.00 bits per heavy atom. The molecule has 2 aromatic carbocycles. The lowest BCUT2D eigenvalue weighted by Crippen LogP contribution is -2.21. The van der Waals surface area contributed by atoms with Crippen LogP contribution in [0.25, 0.3) is 10.9 Å². The van der Waals surface area contributed by atoms with Crippen molar-refractivity contribution < 1.29 is 4.79 Å². The van der Waals surface area contributed by atoms with E-state index in [4.69, 9.17) is 0 Å². The van der Waals surface area contributed by atoms with Gasteiger partial charge in [0.15, 0.2) is 0 Å². The van der Waals surface area contributed by atoms with E-state index in [2.05, 4.69) is 20.6 Å². The van der Waals surface area contributed by atoms with Crippen molar-refractivity contribution in [1.29, 1.82) is 0 Å². The maximum atomic E-state index is 11.8. The van der Waals surface area contributed by atoms with Gasteiger partial charge in [0.25, 0.3) is 5.91 Å². The minimum atomic E-state index is -0.308. The predicted molar refractivity (Wildman–Crippen MR) is 87.4 cm³/mol. The second-order valence-electron chi connectivity index (χ2n) is 4.98. The van der Waals surface area contributed by atoms with Crippen molar-refractivity contribution in [2.75, 3.05) is 12.4 Å². The zero-order valence-electron chi connectivity index (χ0n) is 12.4. The number of anilines is 2. The van der Waals surface area contributed by atoms with E-state index in [1.165, 1.54) is 5.56 Å². The molecule has 1 aromatic heterocycles. The molecule has 3 aromatic rings. The number of aryl methyl sites for hydroxylation is 1. The standard InChI is InChI=1S/C17H16N4O/c1-11-7-9-12(10-8-11)19-15-13-5-3-4-6-14(13)20-16(21-15)17(22)18-2/h3-10H,1-2H3,(H,18,22)(H,19,20,21). The zero-order valence-corrected chi connectivity index (χ0v) is 12.4. The number of para-hydroxylation sites is 1. The fraction of sp³-hybridized carbons (Fsp3) is 0.118. The van der Waals surface area contributed by atoms with Crippen LogP contribution in [0.2, 0.25) is 0 Å². The number of hydrogen-bond donors (Lipinski definition) is 2. The largest absolute Gasteiger partial charge is 0.352 e. The van der Waals surface area contributed by atoms with Crippen molar-refractivity contribution in [3.8, 4) is 0 Å². The first kappa shape index (κ1) is 14.0. The number of amides is 1.